The SMILES string of the molecule is CC(C)C[C@H](NC(=O)[C@H](CC(=O)O)NC(=O)[C@@H](N)CCC(N)=O)C(=O)N[C@@H](CCC(N)=O)C(=O)N1CCC[C@H]1C(=O)N1CCC[C@H]1C(=O)O. The standard InChI is InChI=1S/C30H48N8O11/c1-15(2)13-18(36-27(45)19(14-24(41)42)35-25(43)16(31)7-9-22(32)39)26(44)34-17(8-10-23(33)40)28(46)37-11-3-5-20(37)29(47)38-12-4-6-21(38)30(48)49/h15-21H,3-14,31H2,1-2H3,(H2,32,39)(H2,33,40)(H,34,44)(H,35,43)(H,36,45)(H,41,42)(H,48,49)/t16-,17-,18-,19-,20-,21-/m0/s1. The third-order valence-electron chi connectivity index (χ3n) is 8.33. The second-order valence-corrected chi connectivity index (χ2v) is 12.7. The highest BCUT2D eigenvalue weighted by Crippen LogP contribution is 2.26. The van der Waals surface area contributed by atoms with Gasteiger partial charge in [0.1, 0.15) is 30.2 Å². The maximum absolute atomic E-state index is 13.8. The Kier molecular flexibility index (Phi) is 15.4. The maximum Gasteiger partial charge on any atom is 0.326 e. The fourth-order valence-electron chi connectivity index (χ4n) is 5.85. The molecule has 6 atom stereocenters. The zero-order chi connectivity index (χ0) is 37.0. The largest absolute Gasteiger partial charge is 0.481 e. The third-order valence-corrected chi connectivity index (χ3v) is 8.33. The van der Waals surface area contributed by atoms with E-state index in [2.05, 4.69) is 16.0 Å². The Balaban J connectivity index is 2.27. The Bertz CT molecular complexity index is 1290. The zero-order valence-corrected chi connectivity index (χ0v) is 27.7. The normalized spacial score (nSPS) is 19.8. The number of carboxylic acid groups (broad SMARTS) is 2. The number of nitrogens with zero attached hydrogens (tertiary/aromatic N) is 2. The van der Waals surface area contributed by atoms with Crippen LogP contribution in [0, 0.1) is 5.92 Å². The molecule has 2 aliphatic rings. The Morgan fingerprint density at radius 1 is 0.714 bits per heavy atom. The lowest BCUT2D eigenvalue weighted by Gasteiger charge is -2.33. The monoisotopic (exact) mass is 696 g/mol. The molecule has 0 saturated carbocycles. The molecule has 0 aliphatic carbocycles. The van der Waals surface area contributed by atoms with E-state index in [0.717, 1.165) is 0 Å². The third kappa shape index (κ3) is 12.3. The number of primary amides is 2. The zero-order valence-electron chi connectivity index (χ0n) is 27.7. The summed E-state index contributed by atoms with van der Waals surface area (Å²) in [6.07, 6.45) is -0.367. The lowest BCUT2D eigenvalue weighted by Crippen LogP contribution is -2.59. The number of rotatable bonds is 19. The molecule has 2 saturated heterocycles. The van der Waals surface area contributed by atoms with Crippen molar-refractivity contribution < 1.29 is 53.4 Å². The van der Waals surface area contributed by atoms with Crippen molar-refractivity contribution in [2.75, 3.05) is 13.1 Å². The van der Waals surface area contributed by atoms with Gasteiger partial charge in [-0.2, -0.15) is 0 Å². The van der Waals surface area contributed by atoms with Crippen LogP contribution in [0.1, 0.15) is 78.1 Å². The fraction of sp³-hybridized carbons (Fsp3) is 0.700. The number of carboxylic acids is 2. The molecule has 11 N–H and O–H groups in total. The van der Waals surface area contributed by atoms with E-state index in [0.29, 0.717) is 12.8 Å². The minimum atomic E-state index is -1.67. The molecular weight excluding hydrogens is 648 g/mol. The maximum atomic E-state index is 13.8. The van der Waals surface area contributed by atoms with Gasteiger partial charge in [0, 0.05) is 25.9 Å². The summed E-state index contributed by atoms with van der Waals surface area (Å²) in [6, 6.07) is -7.67. The molecule has 0 spiro atoms. The van der Waals surface area contributed by atoms with E-state index in [4.69, 9.17) is 17.2 Å². The molecule has 0 radical (unpaired) electrons. The van der Waals surface area contributed by atoms with Crippen molar-refractivity contribution in [3.63, 3.8) is 0 Å². The van der Waals surface area contributed by atoms with Crippen LogP contribution in [0.2, 0.25) is 0 Å². The second-order valence-electron chi connectivity index (χ2n) is 12.7. The number of carbonyl (C=O) groups excluding carboxylic acids is 7. The summed E-state index contributed by atoms with van der Waals surface area (Å²) in [4.78, 5) is 115. The molecule has 2 aliphatic heterocycles. The summed E-state index contributed by atoms with van der Waals surface area (Å²) in [5.74, 6) is -8.36. The van der Waals surface area contributed by atoms with Crippen LogP contribution in [0.4, 0.5) is 0 Å². The first kappa shape index (κ1) is 40.4. The molecule has 0 bridgehead atoms. The van der Waals surface area contributed by atoms with E-state index < -0.39 is 96.0 Å². The molecule has 0 aromatic carbocycles. The number of aliphatic carboxylic acids is 2. The molecule has 7 amide bonds. The smallest absolute Gasteiger partial charge is 0.326 e. The molecule has 274 valence electrons. The molecule has 0 aromatic rings. The summed E-state index contributed by atoms with van der Waals surface area (Å²) in [6.45, 7) is 3.82. The van der Waals surface area contributed by atoms with E-state index in [9.17, 15) is 53.4 Å². The van der Waals surface area contributed by atoms with Gasteiger partial charge in [0.15, 0.2) is 0 Å². The van der Waals surface area contributed by atoms with Crippen molar-refractivity contribution in [2.45, 2.75) is 114 Å². The molecule has 0 aromatic heterocycles. The van der Waals surface area contributed by atoms with Crippen LogP contribution in [0.3, 0.4) is 0 Å². The first-order valence-electron chi connectivity index (χ1n) is 16.2. The average molecular weight is 697 g/mol. The number of likely N-dealkylation sites (tertiary alicyclic amines) is 2. The predicted molar refractivity (Wildman–Crippen MR) is 169 cm³/mol. The van der Waals surface area contributed by atoms with Crippen LogP contribution in [0.5, 0.6) is 0 Å². The van der Waals surface area contributed by atoms with Gasteiger partial charge in [-0.25, -0.2) is 4.79 Å². The number of hydrogen-bond acceptors (Lipinski definition) is 10. The summed E-state index contributed by atoms with van der Waals surface area (Å²) < 4.78 is 0. The molecule has 2 rings (SSSR count). The fourth-order valence-corrected chi connectivity index (χ4v) is 5.85. The molecular formula is C30H48N8O11. The Labute approximate surface area is 283 Å². The first-order chi connectivity index (χ1) is 22.9. The van der Waals surface area contributed by atoms with Crippen molar-refractivity contribution in [3.05, 3.63) is 0 Å². The molecule has 2 heterocycles. The molecule has 49 heavy (non-hydrogen) atoms. The van der Waals surface area contributed by atoms with Gasteiger partial charge in [-0.15, -0.1) is 0 Å². The van der Waals surface area contributed by atoms with Crippen molar-refractivity contribution in [1.82, 2.24) is 25.8 Å². The van der Waals surface area contributed by atoms with E-state index in [1.165, 1.54) is 9.80 Å². The van der Waals surface area contributed by atoms with Gasteiger partial charge in [-0.05, 0) is 50.9 Å². The summed E-state index contributed by atoms with van der Waals surface area (Å²) in [5, 5.41) is 26.1. The minimum Gasteiger partial charge on any atom is -0.481 e. The lowest BCUT2D eigenvalue weighted by molar-refractivity contribution is -0.152. The van der Waals surface area contributed by atoms with Crippen molar-refractivity contribution in [2.24, 2.45) is 23.1 Å². The second kappa shape index (κ2) is 18.7. The molecule has 19 heteroatoms. The number of nitrogens with two attached hydrogens (primary N) is 3. The molecule has 19 nitrogen and oxygen atoms in total. The highest BCUT2D eigenvalue weighted by molar-refractivity contribution is 5.97. The summed E-state index contributed by atoms with van der Waals surface area (Å²) in [7, 11) is 0. The van der Waals surface area contributed by atoms with Gasteiger partial charge >= 0.3 is 11.9 Å². The average Bonchev–Trinajstić information content (AvgIpc) is 3.70. The van der Waals surface area contributed by atoms with Gasteiger partial charge in [0.05, 0.1) is 12.5 Å². The first-order valence-corrected chi connectivity index (χ1v) is 16.2. The number of hydrogen-bond donors (Lipinski definition) is 8. The quantitative estimate of drug-likeness (QED) is 0.0665. The molecule has 2 fully saturated rings. The van der Waals surface area contributed by atoms with Gasteiger partial charge in [0.2, 0.25) is 41.4 Å². The Morgan fingerprint density at radius 3 is 1.78 bits per heavy atom. The number of carbonyl (C=O) groups is 9. The van der Waals surface area contributed by atoms with E-state index in [-0.39, 0.29) is 64.0 Å². The summed E-state index contributed by atoms with van der Waals surface area (Å²) >= 11 is 0. The number of amides is 7. The van der Waals surface area contributed by atoms with Gasteiger partial charge in [-0.1, -0.05) is 13.8 Å². The van der Waals surface area contributed by atoms with Crippen LogP contribution in [0.15, 0.2) is 0 Å². The van der Waals surface area contributed by atoms with Gasteiger partial charge in [0.25, 0.3) is 0 Å². The van der Waals surface area contributed by atoms with Crippen molar-refractivity contribution >= 4 is 53.3 Å². The van der Waals surface area contributed by atoms with E-state index in [1.807, 2.05) is 0 Å². The van der Waals surface area contributed by atoms with Crippen LogP contribution in [0.25, 0.3) is 0 Å². The van der Waals surface area contributed by atoms with Crippen LogP contribution < -0.4 is 33.2 Å². The van der Waals surface area contributed by atoms with Crippen LogP contribution in [-0.2, 0) is 43.2 Å². The minimum absolute atomic E-state index is 0.0104. The Morgan fingerprint density at radius 2 is 1.22 bits per heavy atom. The highest BCUT2D eigenvalue weighted by atomic mass is 16.4. The van der Waals surface area contributed by atoms with Crippen molar-refractivity contribution in [3.8, 4) is 0 Å². The van der Waals surface area contributed by atoms with E-state index >= 15 is 0 Å². The van der Waals surface area contributed by atoms with Gasteiger partial charge in [-0.3, -0.25) is 38.4 Å². The van der Waals surface area contributed by atoms with E-state index in [1.54, 1.807) is 13.8 Å². The van der Waals surface area contributed by atoms with Crippen molar-refractivity contribution in [1.29, 1.82) is 0 Å². The van der Waals surface area contributed by atoms with Crippen LogP contribution in [-0.4, -0.2) is 123 Å². The number of nitrogens with one attached hydrogen (secondary N) is 3. The topological polar surface area (TPSA) is 315 Å². The van der Waals surface area contributed by atoms with Crippen LogP contribution >= 0.6 is 0 Å². The lowest BCUT2D eigenvalue weighted by atomic mass is 10.0. The summed E-state index contributed by atoms with van der Waals surface area (Å²) in [5.41, 5.74) is 16.1. The molecule has 0 unspecified atom stereocenters. The predicted octanol–water partition coefficient (Wildman–Crippen LogP) is -3.11. The Hall–Kier alpha value is -4.81. The van der Waals surface area contributed by atoms with Gasteiger partial charge < -0.3 is 53.2 Å². The highest BCUT2D eigenvalue weighted by Gasteiger charge is 2.44.